The summed E-state index contributed by atoms with van der Waals surface area (Å²) < 4.78 is 0. The number of likely N-dealkylation sites (N-methyl/N-ethyl adjacent to an activating group) is 1. The number of carbonyl (C=O) groups is 2. The number of hydrogen-bond acceptors (Lipinski definition) is 4. The molecule has 0 aliphatic heterocycles. The van der Waals surface area contributed by atoms with E-state index >= 15 is 0 Å². The Morgan fingerprint density at radius 2 is 1.45 bits per heavy atom. The summed E-state index contributed by atoms with van der Waals surface area (Å²) in [5, 5.41) is 9.89. The van der Waals surface area contributed by atoms with Gasteiger partial charge < -0.3 is 5.11 Å². The average Bonchev–Trinajstić information content (AvgIpc) is 2.36. The van der Waals surface area contributed by atoms with Crippen LogP contribution < -0.4 is 5.84 Å². The van der Waals surface area contributed by atoms with Crippen LogP contribution in [0.1, 0.15) is 71.1 Å². The first kappa shape index (κ1) is 19.1. The molecule has 0 radical (unpaired) electrons. The summed E-state index contributed by atoms with van der Waals surface area (Å²) in [6.45, 7) is 2.21. The van der Waals surface area contributed by atoms with Crippen LogP contribution in [0.3, 0.4) is 0 Å². The zero-order chi connectivity index (χ0) is 15.4. The highest BCUT2D eigenvalue weighted by molar-refractivity contribution is 6.02. The Bertz CT molecular complexity index is 280. The van der Waals surface area contributed by atoms with Crippen LogP contribution in [0.5, 0.6) is 0 Å². The largest absolute Gasteiger partial charge is 0.480 e. The van der Waals surface area contributed by atoms with Crippen LogP contribution >= 0.6 is 0 Å². The summed E-state index contributed by atoms with van der Waals surface area (Å²) in [4.78, 5) is 22.6. The van der Waals surface area contributed by atoms with Crippen molar-refractivity contribution in [1.29, 1.82) is 0 Å². The summed E-state index contributed by atoms with van der Waals surface area (Å²) in [6, 6.07) is -1.20. The van der Waals surface area contributed by atoms with Gasteiger partial charge >= 0.3 is 5.97 Å². The van der Waals surface area contributed by atoms with E-state index in [1.165, 1.54) is 45.6 Å². The molecule has 3 N–H and O–H groups in total. The summed E-state index contributed by atoms with van der Waals surface area (Å²) in [7, 11) is 1.41. The zero-order valence-electron chi connectivity index (χ0n) is 12.9. The van der Waals surface area contributed by atoms with Gasteiger partial charge in [-0.25, -0.2) is 9.80 Å². The second kappa shape index (κ2) is 11.9. The fraction of sp³-hybridized carbons (Fsp3) is 0.867. The van der Waals surface area contributed by atoms with E-state index in [-0.39, 0.29) is 5.78 Å². The lowest BCUT2D eigenvalue weighted by molar-refractivity contribution is -0.147. The first-order valence-electron chi connectivity index (χ1n) is 7.73. The van der Waals surface area contributed by atoms with Crippen LogP contribution in [0.25, 0.3) is 0 Å². The summed E-state index contributed by atoms with van der Waals surface area (Å²) in [5.41, 5.74) is 0. The SMILES string of the molecule is CCCCCCCCCCCC(=O)C(C(=O)O)N(C)N. The topological polar surface area (TPSA) is 83.6 Å². The molecular formula is C15H30N2O3. The molecule has 0 aromatic rings. The first-order valence-corrected chi connectivity index (χ1v) is 7.73. The molecule has 0 aromatic heterocycles. The molecule has 0 saturated heterocycles. The van der Waals surface area contributed by atoms with Crippen molar-refractivity contribution in [2.24, 2.45) is 5.84 Å². The molecule has 5 nitrogen and oxygen atoms in total. The molecule has 0 amide bonds. The van der Waals surface area contributed by atoms with Gasteiger partial charge in [-0.3, -0.25) is 10.6 Å². The van der Waals surface area contributed by atoms with E-state index in [0.717, 1.165) is 24.3 Å². The summed E-state index contributed by atoms with van der Waals surface area (Å²) in [5.74, 6) is 3.91. The van der Waals surface area contributed by atoms with Gasteiger partial charge in [0.05, 0.1) is 0 Å². The van der Waals surface area contributed by atoms with Crippen LogP contribution in [0.4, 0.5) is 0 Å². The number of nitrogens with two attached hydrogens (primary N) is 1. The number of nitrogens with zero attached hydrogens (tertiary/aromatic N) is 1. The number of rotatable bonds is 13. The molecule has 1 unspecified atom stereocenters. The van der Waals surface area contributed by atoms with Crippen molar-refractivity contribution in [1.82, 2.24) is 5.01 Å². The Morgan fingerprint density at radius 1 is 1.00 bits per heavy atom. The lowest BCUT2D eigenvalue weighted by atomic mass is 10.0. The number of hydrazine groups is 1. The van der Waals surface area contributed by atoms with Gasteiger partial charge in [0.25, 0.3) is 0 Å². The highest BCUT2D eigenvalue weighted by Gasteiger charge is 2.27. The van der Waals surface area contributed by atoms with Gasteiger partial charge in [-0.2, -0.15) is 0 Å². The minimum Gasteiger partial charge on any atom is -0.480 e. The number of carboxylic acid groups (broad SMARTS) is 1. The normalized spacial score (nSPS) is 12.6. The molecule has 0 saturated carbocycles. The minimum atomic E-state index is -1.20. The summed E-state index contributed by atoms with van der Waals surface area (Å²) in [6.07, 6.45) is 10.8. The summed E-state index contributed by atoms with van der Waals surface area (Å²) >= 11 is 0. The van der Waals surface area contributed by atoms with E-state index in [1.807, 2.05) is 0 Å². The Morgan fingerprint density at radius 3 is 1.85 bits per heavy atom. The number of Topliss-reactive ketones (excluding diaryl/α,β-unsaturated/α-hetero) is 1. The average molecular weight is 286 g/mol. The second-order valence-corrected chi connectivity index (χ2v) is 5.45. The molecule has 0 aliphatic carbocycles. The molecule has 20 heavy (non-hydrogen) atoms. The van der Waals surface area contributed by atoms with Gasteiger partial charge in [-0.15, -0.1) is 0 Å². The van der Waals surface area contributed by atoms with E-state index in [4.69, 9.17) is 10.9 Å². The molecule has 0 rings (SSSR count). The Labute approximate surface area is 122 Å². The number of carbonyl (C=O) groups excluding carboxylic acids is 1. The molecule has 1 atom stereocenters. The van der Waals surface area contributed by atoms with Gasteiger partial charge in [0, 0.05) is 13.5 Å². The van der Waals surface area contributed by atoms with E-state index in [0.29, 0.717) is 6.42 Å². The van der Waals surface area contributed by atoms with Crippen molar-refractivity contribution in [2.45, 2.75) is 77.2 Å². The zero-order valence-corrected chi connectivity index (χ0v) is 12.9. The van der Waals surface area contributed by atoms with Gasteiger partial charge in [-0.1, -0.05) is 58.3 Å². The fourth-order valence-corrected chi connectivity index (χ4v) is 2.29. The number of ketones is 1. The lowest BCUT2D eigenvalue weighted by Gasteiger charge is -2.17. The van der Waals surface area contributed by atoms with Gasteiger partial charge in [0.2, 0.25) is 0 Å². The molecule has 0 aliphatic rings. The molecule has 0 spiro atoms. The third kappa shape index (κ3) is 9.04. The van der Waals surface area contributed by atoms with Crippen molar-refractivity contribution >= 4 is 11.8 Å². The molecule has 5 heteroatoms. The van der Waals surface area contributed by atoms with Crippen molar-refractivity contribution < 1.29 is 14.7 Å². The van der Waals surface area contributed by atoms with Crippen LogP contribution in [0, 0.1) is 0 Å². The van der Waals surface area contributed by atoms with Crippen molar-refractivity contribution in [2.75, 3.05) is 7.05 Å². The Kier molecular flexibility index (Phi) is 11.3. The van der Waals surface area contributed by atoms with E-state index in [1.54, 1.807) is 0 Å². The van der Waals surface area contributed by atoms with Crippen LogP contribution in [-0.4, -0.2) is 35.0 Å². The van der Waals surface area contributed by atoms with Crippen molar-refractivity contribution in [3.8, 4) is 0 Å². The lowest BCUT2D eigenvalue weighted by Crippen LogP contribution is -2.48. The number of aliphatic carboxylic acids is 1. The van der Waals surface area contributed by atoms with Crippen LogP contribution in [0.15, 0.2) is 0 Å². The van der Waals surface area contributed by atoms with E-state index in [9.17, 15) is 9.59 Å². The minimum absolute atomic E-state index is 0.300. The monoisotopic (exact) mass is 286 g/mol. The van der Waals surface area contributed by atoms with E-state index in [2.05, 4.69) is 6.92 Å². The molecule has 0 heterocycles. The van der Waals surface area contributed by atoms with Gasteiger partial charge in [0.1, 0.15) is 0 Å². The molecule has 0 bridgehead atoms. The number of unbranched alkanes of at least 4 members (excludes halogenated alkanes) is 8. The predicted molar refractivity (Wildman–Crippen MR) is 80.2 cm³/mol. The molecule has 118 valence electrons. The predicted octanol–water partition coefficient (Wildman–Crippen LogP) is 2.74. The van der Waals surface area contributed by atoms with Gasteiger partial charge in [-0.05, 0) is 6.42 Å². The van der Waals surface area contributed by atoms with Gasteiger partial charge in [0.15, 0.2) is 11.8 Å². The quantitative estimate of drug-likeness (QED) is 0.235. The molecule has 0 aromatic carbocycles. The fourth-order valence-electron chi connectivity index (χ4n) is 2.29. The molecule has 0 fully saturated rings. The van der Waals surface area contributed by atoms with Crippen molar-refractivity contribution in [3.05, 3.63) is 0 Å². The Balaban J connectivity index is 3.59. The van der Waals surface area contributed by atoms with E-state index < -0.39 is 12.0 Å². The standard InChI is InChI=1S/C15H30N2O3/c1-3-4-5-6-7-8-9-10-11-12-13(18)14(15(19)20)17(2)16/h14H,3-12,16H2,1-2H3,(H,19,20). The highest BCUT2D eigenvalue weighted by Crippen LogP contribution is 2.11. The maximum Gasteiger partial charge on any atom is 0.330 e. The smallest absolute Gasteiger partial charge is 0.330 e. The molecular weight excluding hydrogens is 256 g/mol. The van der Waals surface area contributed by atoms with Crippen LogP contribution in [0.2, 0.25) is 0 Å². The number of hydrogen-bond donors (Lipinski definition) is 2. The second-order valence-electron chi connectivity index (χ2n) is 5.45. The maximum atomic E-state index is 11.7. The first-order chi connectivity index (χ1) is 9.50. The van der Waals surface area contributed by atoms with Crippen LogP contribution in [-0.2, 0) is 9.59 Å². The highest BCUT2D eigenvalue weighted by atomic mass is 16.4. The Hall–Kier alpha value is -0.940. The maximum absolute atomic E-state index is 11.7. The number of carboxylic acids is 1. The third-order valence-corrected chi connectivity index (χ3v) is 3.47. The third-order valence-electron chi connectivity index (χ3n) is 3.47. The van der Waals surface area contributed by atoms with Crippen molar-refractivity contribution in [3.63, 3.8) is 0 Å².